The molecule has 0 unspecified atom stereocenters. The number of nitrogens with one attached hydrogen (secondary N) is 1. The maximum absolute atomic E-state index is 11.9. The van der Waals surface area contributed by atoms with Crippen LogP contribution in [0.25, 0.3) is 0 Å². The average Bonchev–Trinajstić information content (AvgIpc) is 2.63. The summed E-state index contributed by atoms with van der Waals surface area (Å²) in [7, 11) is 0. The molecule has 1 nitrogen and oxygen atoms in total. The third kappa shape index (κ3) is 6.11. The highest BCUT2D eigenvalue weighted by atomic mass is 32.2. The van der Waals surface area contributed by atoms with Gasteiger partial charge in [-0.1, -0.05) is 20.8 Å². The van der Waals surface area contributed by atoms with E-state index in [0.29, 0.717) is 13.1 Å². The fourth-order valence-electron chi connectivity index (χ4n) is 1.33. The van der Waals surface area contributed by atoms with Crippen LogP contribution in [0.2, 0.25) is 0 Å². The summed E-state index contributed by atoms with van der Waals surface area (Å²) < 4.78 is 35.6. The summed E-state index contributed by atoms with van der Waals surface area (Å²) >= 11 is 1.73. The molecule has 1 rings (SSSR count). The van der Waals surface area contributed by atoms with E-state index in [4.69, 9.17) is 0 Å². The lowest BCUT2D eigenvalue weighted by molar-refractivity contribution is -0.0327. The van der Waals surface area contributed by atoms with Gasteiger partial charge in [0.15, 0.2) is 0 Å². The first-order chi connectivity index (χ1) is 8.18. The van der Waals surface area contributed by atoms with Crippen LogP contribution in [0.5, 0.6) is 0 Å². The van der Waals surface area contributed by atoms with E-state index >= 15 is 0 Å². The van der Waals surface area contributed by atoms with Gasteiger partial charge in [0.05, 0.1) is 0 Å². The van der Waals surface area contributed by atoms with Crippen LogP contribution in [0.1, 0.15) is 30.5 Å². The van der Waals surface area contributed by atoms with Crippen LogP contribution in [0, 0.1) is 0 Å². The number of hydrogen-bond acceptors (Lipinski definition) is 3. The van der Waals surface area contributed by atoms with Gasteiger partial charge < -0.3 is 5.32 Å². The van der Waals surface area contributed by atoms with Gasteiger partial charge in [-0.2, -0.15) is 13.2 Å². The zero-order chi connectivity index (χ0) is 13.8. The maximum Gasteiger partial charge on any atom is 0.441 e. The molecule has 0 atom stereocenters. The Hall–Kier alpha value is -0.200. The minimum absolute atomic E-state index is 0.0191. The Morgan fingerprint density at radius 3 is 2.39 bits per heavy atom. The highest BCUT2D eigenvalue weighted by molar-refractivity contribution is 8.00. The molecule has 0 radical (unpaired) electrons. The van der Waals surface area contributed by atoms with Crippen LogP contribution in [-0.4, -0.2) is 17.8 Å². The number of alkyl halides is 3. The summed E-state index contributed by atoms with van der Waals surface area (Å²) in [6, 6.07) is 4.13. The van der Waals surface area contributed by atoms with Gasteiger partial charge in [0.25, 0.3) is 0 Å². The molecule has 0 fully saturated rings. The van der Waals surface area contributed by atoms with Gasteiger partial charge in [-0.05, 0) is 29.3 Å². The maximum atomic E-state index is 11.9. The number of hydrogen-bond donors (Lipinski definition) is 1. The molecule has 1 N–H and O–H groups in total. The van der Waals surface area contributed by atoms with Crippen LogP contribution in [0.15, 0.2) is 12.1 Å². The average molecular weight is 297 g/mol. The number of thiophene rings is 1. The van der Waals surface area contributed by atoms with Crippen molar-refractivity contribution in [1.29, 1.82) is 0 Å². The van der Waals surface area contributed by atoms with E-state index in [-0.39, 0.29) is 22.9 Å². The first kappa shape index (κ1) is 15.9. The van der Waals surface area contributed by atoms with Crippen molar-refractivity contribution < 1.29 is 13.2 Å². The molecule has 1 aromatic rings. The van der Waals surface area contributed by atoms with E-state index in [0.717, 1.165) is 4.88 Å². The van der Waals surface area contributed by atoms with Gasteiger partial charge in [0.1, 0.15) is 0 Å². The summed E-state index contributed by atoms with van der Waals surface area (Å²) in [5.74, 6) is 0.0566. The molecular weight excluding hydrogens is 279 g/mol. The fourth-order valence-corrected chi connectivity index (χ4v) is 2.84. The first-order valence-electron chi connectivity index (χ1n) is 5.69. The predicted molar refractivity (Wildman–Crippen MR) is 73.2 cm³/mol. The molecular formula is C12H18F3NS2. The predicted octanol–water partition coefficient (Wildman–Crippen LogP) is 4.39. The molecule has 0 spiro atoms. The molecule has 0 aliphatic carbocycles. The fraction of sp³-hybridized carbons (Fsp3) is 0.667. The zero-order valence-corrected chi connectivity index (χ0v) is 12.4. The van der Waals surface area contributed by atoms with Gasteiger partial charge in [0, 0.05) is 28.6 Å². The van der Waals surface area contributed by atoms with Gasteiger partial charge >= 0.3 is 5.51 Å². The second-order valence-electron chi connectivity index (χ2n) is 4.99. The molecule has 1 heterocycles. The molecule has 0 bridgehead atoms. The largest absolute Gasteiger partial charge is 0.441 e. The smallest absolute Gasteiger partial charge is 0.311 e. The normalized spacial score (nSPS) is 13.0. The molecule has 104 valence electrons. The van der Waals surface area contributed by atoms with Crippen molar-refractivity contribution >= 4 is 23.1 Å². The molecule has 0 aliphatic rings. The van der Waals surface area contributed by atoms with E-state index in [1.54, 1.807) is 11.3 Å². The quantitative estimate of drug-likeness (QED) is 0.809. The number of thioether (sulfide) groups is 1. The van der Waals surface area contributed by atoms with Crippen LogP contribution in [0.4, 0.5) is 13.2 Å². The molecule has 18 heavy (non-hydrogen) atoms. The minimum atomic E-state index is -4.12. The van der Waals surface area contributed by atoms with E-state index in [2.05, 4.69) is 32.2 Å². The van der Waals surface area contributed by atoms with Crippen molar-refractivity contribution in [1.82, 2.24) is 5.32 Å². The third-order valence-corrected chi connectivity index (χ3v) is 4.49. The lowest BCUT2D eigenvalue weighted by Gasteiger charge is -2.15. The molecule has 0 saturated carbocycles. The van der Waals surface area contributed by atoms with Gasteiger partial charge in [-0.3, -0.25) is 0 Å². The molecule has 6 heteroatoms. The third-order valence-electron chi connectivity index (χ3n) is 2.24. The standard InChI is InChI=1S/C12H18F3NS2/c1-11(2,3)10-5-4-9(18-10)8-16-6-7-17-12(13,14)15/h4-5,16H,6-8H2,1-3H3. The molecule has 0 aliphatic heterocycles. The summed E-state index contributed by atoms with van der Waals surface area (Å²) in [6.07, 6.45) is 0. The Morgan fingerprint density at radius 2 is 1.89 bits per heavy atom. The van der Waals surface area contributed by atoms with Crippen molar-refractivity contribution in [2.75, 3.05) is 12.3 Å². The lowest BCUT2D eigenvalue weighted by atomic mass is 9.95. The van der Waals surface area contributed by atoms with Crippen LogP contribution >= 0.6 is 23.1 Å². The van der Waals surface area contributed by atoms with Crippen molar-refractivity contribution in [3.8, 4) is 0 Å². The summed E-state index contributed by atoms with van der Waals surface area (Å²) in [4.78, 5) is 2.46. The Morgan fingerprint density at radius 1 is 1.22 bits per heavy atom. The van der Waals surface area contributed by atoms with E-state index in [9.17, 15) is 13.2 Å². The zero-order valence-electron chi connectivity index (χ0n) is 10.7. The Kier molecular flexibility index (Phi) is 5.55. The summed E-state index contributed by atoms with van der Waals surface area (Å²) in [5, 5.41) is 3.03. The topological polar surface area (TPSA) is 12.0 Å². The molecule has 1 aromatic heterocycles. The number of rotatable bonds is 5. The second-order valence-corrected chi connectivity index (χ2v) is 7.32. The van der Waals surface area contributed by atoms with Crippen LogP contribution in [-0.2, 0) is 12.0 Å². The van der Waals surface area contributed by atoms with Gasteiger partial charge in [-0.25, -0.2) is 0 Å². The summed E-state index contributed by atoms with van der Waals surface area (Å²) in [5.41, 5.74) is -3.99. The van der Waals surface area contributed by atoms with E-state index < -0.39 is 5.51 Å². The van der Waals surface area contributed by atoms with Gasteiger partial charge in [-0.15, -0.1) is 11.3 Å². The Labute approximate surface area is 114 Å². The van der Waals surface area contributed by atoms with Crippen molar-refractivity contribution in [2.24, 2.45) is 0 Å². The van der Waals surface area contributed by atoms with Crippen LogP contribution in [0.3, 0.4) is 0 Å². The first-order valence-corrected chi connectivity index (χ1v) is 7.49. The highest BCUT2D eigenvalue weighted by Gasteiger charge is 2.27. The molecule has 0 aromatic carbocycles. The highest BCUT2D eigenvalue weighted by Crippen LogP contribution is 2.30. The van der Waals surface area contributed by atoms with Gasteiger partial charge in [0.2, 0.25) is 0 Å². The molecule has 0 amide bonds. The van der Waals surface area contributed by atoms with E-state index in [1.807, 2.05) is 6.07 Å². The Bertz CT molecular complexity index is 366. The SMILES string of the molecule is CC(C)(C)c1ccc(CNCCSC(F)(F)F)s1. The number of halogens is 3. The second kappa shape index (κ2) is 6.30. The monoisotopic (exact) mass is 297 g/mol. The Balaban J connectivity index is 2.26. The summed E-state index contributed by atoms with van der Waals surface area (Å²) in [6.45, 7) is 7.45. The van der Waals surface area contributed by atoms with E-state index in [1.165, 1.54) is 4.88 Å². The van der Waals surface area contributed by atoms with Crippen molar-refractivity contribution in [3.05, 3.63) is 21.9 Å². The molecule has 0 saturated heterocycles. The lowest BCUT2D eigenvalue weighted by Crippen LogP contribution is -2.17. The minimum Gasteiger partial charge on any atom is -0.311 e. The van der Waals surface area contributed by atoms with Crippen molar-refractivity contribution in [3.63, 3.8) is 0 Å². The van der Waals surface area contributed by atoms with Crippen LogP contribution < -0.4 is 5.32 Å². The van der Waals surface area contributed by atoms with Crippen molar-refractivity contribution in [2.45, 2.75) is 38.2 Å².